The number of Topliss-reactive ketones (excluding diaryl/α,β-unsaturated/α-hetero) is 1. The summed E-state index contributed by atoms with van der Waals surface area (Å²) in [7, 11) is 1.91. The predicted molar refractivity (Wildman–Crippen MR) is 119 cm³/mol. The predicted octanol–water partition coefficient (Wildman–Crippen LogP) is 4.87. The van der Waals surface area contributed by atoms with Gasteiger partial charge in [0.05, 0.1) is 17.8 Å². The van der Waals surface area contributed by atoms with E-state index in [1.165, 1.54) is 0 Å². The lowest BCUT2D eigenvalue weighted by Gasteiger charge is -2.29. The van der Waals surface area contributed by atoms with E-state index in [4.69, 9.17) is 25.8 Å². The number of nitrogens with zero attached hydrogens (tertiary/aromatic N) is 3. The Hall–Kier alpha value is -1.86. The van der Waals surface area contributed by atoms with E-state index < -0.39 is 0 Å². The molecular weight excluding hydrogens is 418 g/mol. The van der Waals surface area contributed by atoms with Crippen molar-refractivity contribution in [3.63, 3.8) is 0 Å². The van der Waals surface area contributed by atoms with Gasteiger partial charge in [0.1, 0.15) is 28.0 Å². The summed E-state index contributed by atoms with van der Waals surface area (Å²) in [5.41, 5.74) is 1.34. The van der Waals surface area contributed by atoms with Crippen LogP contribution in [0.3, 0.4) is 0 Å². The number of carbonyl (C=O) groups is 1. The standard InChI is InChI=1S/C23H32ClN3O4/c1-14(11-15(2)28)13-29-16-5-7-17(8-6-16)30-22-26-18-12-25-21(31-23(3)9-10-23)19(24)20(18)27(22)4/h12,14,16-17H,5-11,13H2,1-4H3/t14-,16?,17?/m1/s1. The number of ketones is 1. The zero-order chi connectivity index (χ0) is 22.2. The average Bonchev–Trinajstić information content (AvgIpc) is 3.36. The largest absolute Gasteiger partial charge is 0.470 e. The molecule has 0 aromatic carbocycles. The van der Waals surface area contributed by atoms with Crippen molar-refractivity contribution in [3.8, 4) is 11.9 Å². The third kappa shape index (κ3) is 5.32. The minimum atomic E-state index is -0.146. The van der Waals surface area contributed by atoms with Gasteiger partial charge in [-0.15, -0.1) is 0 Å². The molecule has 0 spiro atoms. The van der Waals surface area contributed by atoms with E-state index in [1.807, 2.05) is 11.6 Å². The van der Waals surface area contributed by atoms with Gasteiger partial charge in [-0.25, -0.2) is 4.98 Å². The zero-order valence-electron chi connectivity index (χ0n) is 18.8. The monoisotopic (exact) mass is 449 g/mol. The molecule has 31 heavy (non-hydrogen) atoms. The SMILES string of the molecule is CC(=O)C[C@@H](C)COC1CCC(Oc2nc3cnc(OC4(C)CC4)c(Cl)c3n2C)CC1. The molecule has 0 N–H and O–H groups in total. The Labute approximate surface area is 188 Å². The number of ether oxygens (including phenoxy) is 3. The van der Waals surface area contributed by atoms with Gasteiger partial charge < -0.3 is 19.0 Å². The quantitative estimate of drug-likeness (QED) is 0.543. The fourth-order valence-corrected chi connectivity index (χ4v) is 4.44. The number of imidazole rings is 1. The first-order valence-electron chi connectivity index (χ1n) is 11.2. The molecule has 7 nitrogen and oxygen atoms in total. The fraction of sp³-hybridized carbons (Fsp3) is 0.696. The van der Waals surface area contributed by atoms with Crippen molar-refractivity contribution in [3.05, 3.63) is 11.2 Å². The molecule has 0 aliphatic heterocycles. The van der Waals surface area contributed by atoms with E-state index in [-0.39, 0.29) is 29.5 Å². The summed E-state index contributed by atoms with van der Waals surface area (Å²) in [4.78, 5) is 20.2. The molecule has 2 heterocycles. The van der Waals surface area contributed by atoms with Gasteiger partial charge in [-0.2, -0.15) is 4.98 Å². The molecule has 4 rings (SSSR count). The zero-order valence-corrected chi connectivity index (χ0v) is 19.6. The van der Waals surface area contributed by atoms with Gasteiger partial charge in [-0.3, -0.25) is 4.57 Å². The van der Waals surface area contributed by atoms with E-state index in [9.17, 15) is 4.79 Å². The van der Waals surface area contributed by atoms with Crippen molar-refractivity contribution in [1.29, 1.82) is 0 Å². The summed E-state index contributed by atoms with van der Waals surface area (Å²) < 4.78 is 20.1. The molecule has 0 amide bonds. The molecule has 2 aliphatic carbocycles. The topological polar surface area (TPSA) is 75.5 Å². The second-order valence-corrected chi connectivity index (χ2v) is 9.86. The van der Waals surface area contributed by atoms with E-state index in [2.05, 4.69) is 23.8 Å². The number of hydrogen-bond donors (Lipinski definition) is 0. The Kier molecular flexibility index (Phi) is 6.44. The molecule has 0 unspecified atom stereocenters. The van der Waals surface area contributed by atoms with E-state index in [0.717, 1.165) is 44.0 Å². The van der Waals surface area contributed by atoms with Crippen molar-refractivity contribution in [2.45, 2.75) is 83.5 Å². The molecule has 8 heteroatoms. The maximum absolute atomic E-state index is 11.2. The van der Waals surface area contributed by atoms with Crippen LogP contribution < -0.4 is 9.47 Å². The molecule has 2 saturated carbocycles. The third-order valence-corrected chi connectivity index (χ3v) is 6.56. The molecule has 1 atom stereocenters. The van der Waals surface area contributed by atoms with Crippen LogP contribution in [0, 0.1) is 5.92 Å². The van der Waals surface area contributed by atoms with E-state index >= 15 is 0 Å². The average molecular weight is 450 g/mol. The highest BCUT2D eigenvalue weighted by molar-refractivity contribution is 6.36. The van der Waals surface area contributed by atoms with Crippen LogP contribution in [0.15, 0.2) is 6.20 Å². The lowest BCUT2D eigenvalue weighted by atomic mass is 9.95. The third-order valence-electron chi connectivity index (χ3n) is 6.22. The van der Waals surface area contributed by atoms with E-state index in [1.54, 1.807) is 13.1 Å². The van der Waals surface area contributed by atoms with Crippen LogP contribution in [0.2, 0.25) is 5.02 Å². The maximum Gasteiger partial charge on any atom is 0.297 e. The minimum Gasteiger partial charge on any atom is -0.470 e. The Balaban J connectivity index is 1.34. The Bertz CT molecular complexity index is 948. The van der Waals surface area contributed by atoms with Crippen LogP contribution in [0.25, 0.3) is 11.0 Å². The van der Waals surface area contributed by atoms with E-state index in [0.29, 0.717) is 35.5 Å². The number of fused-ring (bicyclic) bond motifs is 1. The summed E-state index contributed by atoms with van der Waals surface area (Å²) in [6, 6.07) is 0.549. The first-order valence-corrected chi connectivity index (χ1v) is 11.6. The highest BCUT2D eigenvalue weighted by Crippen LogP contribution is 2.42. The number of carbonyl (C=O) groups excluding carboxylic acids is 1. The second kappa shape index (κ2) is 8.94. The van der Waals surface area contributed by atoms with Crippen LogP contribution in [-0.4, -0.2) is 44.7 Å². The minimum absolute atomic E-state index is 0.0952. The second-order valence-electron chi connectivity index (χ2n) is 9.48. The summed E-state index contributed by atoms with van der Waals surface area (Å²) in [5.74, 6) is 0.938. The van der Waals surface area contributed by atoms with Crippen molar-refractivity contribution in [2.24, 2.45) is 13.0 Å². The molecule has 2 aromatic rings. The van der Waals surface area contributed by atoms with Crippen LogP contribution in [0.1, 0.15) is 65.7 Å². The normalized spacial score (nSPS) is 23.5. The lowest BCUT2D eigenvalue weighted by Crippen LogP contribution is -2.30. The Morgan fingerprint density at radius 2 is 1.97 bits per heavy atom. The summed E-state index contributed by atoms with van der Waals surface area (Å²) in [5, 5.41) is 0.479. The number of hydrogen-bond acceptors (Lipinski definition) is 6. The molecule has 0 saturated heterocycles. The first kappa shape index (κ1) is 22.3. The molecule has 2 fully saturated rings. The van der Waals surface area contributed by atoms with Gasteiger partial charge in [0.15, 0.2) is 0 Å². The number of pyridine rings is 1. The maximum atomic E-state index is 11.2. The van der Waals surface area contributed by atoms with Crippen LogP contribution >= 0.6 is 11.6 Å². The highest BCUT2D eigenvalue weighted by atomic mass is 35.5. The molecule has 0 bridgehead atoms. The van der Waals surface area contributed by atoms with Gasteiger partial charge in [-0.1, -0.05) is 18.5 Å². The Morgan fingerprint density at radius 3 is 2.61 bits per heavy atom. The van der Waals surface area contributed by atoms with Gasteiger partial charge in [0, 0.05) is 20.1 Å². The molecule has 2 aromatic heterocycles. The molecule has 170 valence electrons. The van der Waals surface area contributed by atoms with Gasteiger partial charge in [0.2, 0.25) is 5.88 Å². The van der Waals surface area contributed by atoms with Crippen LogP contribution in [0.4, 0.5) is 0 Å². The fourth-order valence-electron chi connectivity index (χ4n) is 4.13. The Morgan fingerprint density at radius 1 is 1.29 bits per heavy atom. The molecule has 0 radical (unpaired) electrons. The smallest absolute Gasteiger partial charge is 0.297 e. The number of aromatic nitrogens is 3. The van der Waals surface area contributed by atoms with Gasteiger partial charge in [0.25, 0.3) is 6.01 Å². The van der Waals surface area contributed by atoms with Crippen molar-refractivity contribution in [1.82, 2.24) is 14.5 Å². The van der Waals surface area contributed by atoms with Crippen molar-refractivity contribution >= 4 is 28.4 Å². The highest BCUT2D eigenvalue weighted by Gasteiger charge is 2.41. The van der Waals surface area contributed by atoms with Gasteiger partial charge >= 0.3 is 0 Å². The summed E-state index contributed by atoms with van der Waals surface area (Å²) >= 11 is 6.61. The van der Waals surface area contributed by atoms with Crippen LogP contribution in [0.5, 0.6) is 11.9 Å². The van der Waals surface area contributed by atoms with Crippen LogP contribution in [-0.2, 0) is 16.6 Å². The van der Waals surface area contributed by atoms with Crippen molar-refractivity contribution in [2.75, 3.05) is 6.61 Å². The van der Waals surface area contributed by atoms with Crippen molar-refractivity contribution < 1.29 is 19.0 Å². The summed E-state index contributed by atoms with van der Waals surface area (Å²) in [6.45, 7) is 6.39. The molecule has 2 aliphatic rings. The van der Waals surface area contributed by atoms with Gasteiger partial charge in [-0.05, 0) is 58.3 Å². The molecular formula is C23H32ClN3O4. The first-order chi connectivity index (χ1) is 14.7. The lowest BCUT2D eigenvalue weighted by molar-refractivity contribution is -0.118. The number of aryl methyl sites for hydroxylation is 1. The number of rotatable bonds is 9. The summed E-state index contributed by atoms with van der Waals surface area (Å²) in [6.07, 6.45) is 8.35. The number of halogens is 1.